The molecule has 96 valence electrons. The molecule has 1 rings (SSSR count). The molecule has 0 radical (unpaired) electrons. The Morgan fingerprint density at radius 1 is 1.29 bits per heavy atom. The lowest BCUT2D eigenvalue weighted by atomic mass is 10.1. The first kappa shape index (κ1) is 13.9. The van der Waals surface area contributed by atoms with Crippen LogP contribution in [0.1, 0.15) is 32.4 Å². The summed E-state index contributed by atoms with van der Waals surface area (Å²) in [6, 6.07) is 3.72. The van der Waals surface area contributed by atoms with Gasteiger partial charge in [0.1, 0.15) is 6.61 Å². The third kappa shape index (κ3) is 5.15. The highest BCUT2D eigenvalue weighted by Crippen LogP contribution is 2.19. The maximum Gasteiger partial charge on any atom is 0.218 e. The number of ether oxygens (including phenoxy) is 2. The van der Waals surface area contributed by atoms with Gasteiger partial charge in [0.2, 0.25) is 5.88 Å². The average Bonchev–Trinajstić information content (AvgIpc) is 2.28. The maximum absolute atomic E-state index is 5.83. The summed E-state index contributed by atoms with van der Waals surface area (Å²) in [5, 5.41) is 0. The summed E-state index contributed by atoms with van der Waals surface area (Å²) in [6.07, 6.45) is 1.70. The topological polar surface area (TPSA) is 57.4 Å². The van der Waals surface area contributed by atoms with Gasteiger partial charge in [-0.2, -0.15) is 0 Å². The fraction of sp³-hybridized carbons (Fsp3) is 0.615. The minimum absolute atomic E-state index is 0.0738. The molecular weight excluding hydrogens is 216 g/mol. The van der Waals surface area contributed by atoms with E-state index in [2.05, 4.69) is 18.8 Å². The smallest absolute Gasteiger partial charge is 0.218 e. The zero-order chi connectivity index (χ0) is 12.7. The molecule has 0 amide bonds. The van der Waals surface area contributed by atoms with E-state index in [4.69, 9.17) is 15.2 Å². The van der Waals surface area contributed by atoms with Crippen LogP contribution in [0.2, 0.25) is 0 Å². The lowest BCUT2D eigenvalue weighted by Crippen LogP contribution is -2.13. The normalized spacial score (nSPS) is 12.8. The molecule has 1 unspecified atom stereocenters. The molecule has 0 saturated carbocycles. The SMILES string of the molecule is CC(C)COCCOc1ncccc1C(C)N. The Hall–Kier alpha value is -1.13. The molecule has 1 aromatic rings. The number of rotatable bonds is 7. The minimum Gasteiger partial charge on any atom is -0.475 e. The Kier molecular flexibility index (Phi) is 5.94. The van der Waals surface area contributed by atoms with Gasteiger partial charge >= 0.3 is 0 Å². The molecule has 1 aromatic heterocycles. The van der Waals surface area contributed by atoms with Gasteiger partial charge in [-0.15, -0.1) is 0 Å². The van der Waals surface area contributed by atoms with Crippen LogP contribution in [0.4, 0.5) is 0 Å². The summed E-state index contributed by atoms with van der Waals surface area (Å²) in [5.41, 5.74) is 6.76. The van der Waals surface area contributed by atoms with Crippen LogP contribution in [0.5, 0.6) is 5.88 Å². The second kappa shape index (κ2) is 7.25. The van der Waals surface area contributed by atoms with Crippen LogP contribution < -0.4 is 10.5 Å². The Morgan fingerprint density at radius 2 is 2.06 bits per heavy atom. The molecule has 4 nitrogen and oxygen atoms in total. The van der Waals surface area contributed by atoms with Crippen molar-refractivity contribution in [1.82, 2.24) is 4.98 Å². The molecule has 4 heteroatoms. The van der Waals surface area contributed by atoms with Gasteiger partial charge in [-0.25, -0.2) is 4.98 Å². The summed E-state index contributed by atoms with van der Waals surface area (Å²) in [5.74, 6) is 1.15. The molecule has 0 aliphatic rings. The van der Waals surface area contributed by atoms with Gasteiger partial charge in [0.25, 0.3) is 0 Å². The van der Waals surface area contributed by atoms with Crippen LogP contribution in [0.15, 0.2) is 18.3 Å². The predicted octanol–water partition coefficient (Wildman–Crippen LogP) is 2.15. The highest BCUT2D eigenvalue weighted by molar-refractivity contribution is 5.27. The highest BCUT2D eigenvalue weighted by atomic mass is 16.5. The summed E-state index contributed by atoms with van der Waals surface area (Å²) < 4.78 is 11.0. The van der Waals surface area contributed by atoms with Crippen molar-refractivity contribution >= 4 is 0 Å². The highest BCUT2D eigenvalue weighted by Gasteiger charge is 2.08. The van der Waals surface area contributed by atoms with Gasteiger partial charge in [-0.05, 0) is 18.9 Å². The first-order chi connectivity index (χ1) is 8.11. The standard InChI is InChI=1S/C13H22N2O2/c1-10(2)9-16-7-8-17-13-12(11(3)14)5-4-6-15-13/h4-6,10-11H,7-9,14H2,1-3H3. The van der Waals surface area contributed by atoms with Crippen molar-refractivity contribution < 1.29 is 9.47 Å². The van der Waals surface area contributed by atoms with E-state index in [0.717, 1.165) is 12.2 Å². The predicted molar refractivity (Wildman–Crippen MR) is 68.0 cm³/mol. The maximum atomic E-state index is 5.83. The number of aromatic nitrogens is 1. The number of hydrogen-bond acceptors (Lipinski definition) is 4. The Morgan fingerprint density at radius 3 is 2.71 bits per heavy atom. The van der Waals surface area contributed by atoms with Gasteiger partial charge < -0.3 is 15.2 Å². The van der Waals surface area contributed by atoms with Crippen LogP contribution in [0.3, 0.4) is 0 Å². The minimum atomic E-state index is -0.0738. The van der Waals surface area contributed by atoms with Gasteiger partial charge in [-0.1, -0.05) is 19.9 Å². The van der Waals surface area contributed by atoms with Crippen molar-refractivity contribution in [2.45, 2.75) is 26.8 Å². The quantitative estimate of drug-likeness (QED) is 0.739. The van der Waals surface area contributed by atoms with Crippen molar-refractivity contribution in [3.63, 3.8) is 0 Å². The molecule has 0 aliphatic heterocycles. The van der Waals surface area contributed by atoms with Crippen LogP contribution in [0.25, 0.3) is 0 Å². The molecule has 0 spiro atoms. The lowest BCUT2D eigenvalue weighted by Gasteiger charge is -2.12. The van der Waals surface area contributed by atoms with Gasteiger partial charge in [0.15, 0.2) is 0 Å². The van der Waals surface area contributed by atoms with Crippen molar-refractivity contribution in [2.24, 2.45) is 11.7 Å². The molecule has 0 bridgehead atoms. The van der Waals surface area contributed by atoms with E-state index in [9.17, 15) is 0 Å². The van der Waals surface area contributed by atoms with E-state index >= 15 is 0 Å². The molecule has 2 N–H and O–H groups in total. The molecule has 0 aromatic carbocycles. The zero-order valence-electron chi connectivity index (χ0n) is 10.8. The van der Waals surface area contributed by atoms with Crippen molar-refractivity contribution in [3.05, 3.63) is 23.9 Å². The second-order valence-corrected chi connectivity index (χ2v) is 4.50. The first-order valence-corrected chi connectivity index (χ1v) is 6.02. The summed E-state index contributed by atoms with van der Waals surface area (Å²) in [7, 11) is 0. The first-order valence-electron chi connectivity index (χ1n) is 6.02. The molecule has 1 heterocycles. The molecular formula is C13H22N2O2. The van der Waals surface area contributed by atoms with Crippen LogP contribution in [-0.2, 0) is 4.74 Å². The van der Waals surface area contributed by atoms with Crippen molar-refractivity contribution in [2.75, 3.05) is 19.8 Å². The van der Waals surface area contributed by atoms with Crippen LogP contribution in [-0.4, -0.2) is 24.8 Å². The van der Waals surface area contributed by atoms with Crippen LogP contribution in [0, 0.1) is 5.92 Å². The third-order valence-corrected chi connectivity index (χ3v) is 2.21. The average molecular weight is 238 g/mol. The third-order valence-electron chi connectivity index (χ3n) is 2.21. The molecule has 0 fully saturated rings. The van der Waals surface area contributed by atoms with E-state index in [1.165, 1.54) is 0 Å². The number of nitrogens with two attached hydrogens (primary N) is 1. The van der Waals surface area contributed by atoms with Gasteiger partial charge in [0.05, 0.1) is 6.61 Å². The van der Waals surface area contributed by atoms with E-state index in [0.29, 0.717) is 25.0 Å². The van der Waals surface area contributed by atoms with Crippen molar-refractivity contribution in [3.8, 4) is 5.88 Å². The fourth-order valence-electron chi connectivity index (χ4n) is 1.39. The second-order valence-electron chi connectivity index (χ2n) is 4.50. The molecule has 17 heavy (non-hydrogen) atoms. The summed E-state index contributed by atoms with van der Waals surface area (Å²) in [4.78, 5) is 4.17. The Balaban J connectivity index is 2.36. The number of hydrogen-bond donors (Lipinski definition) is 1. The van der Waals surface area contributed by atoms with E-state index in [1.54, 1.807) is 6.20 Å². The van der Waals surface area contributed by atoms with E-state index in [1.807, 2.05) is 19.1 Å². The zero-order valence-corrected chi connectivity index (χ0v) is 10.8. The van der Waals surface area contributed by atoms with Crippen LogP contribution >= 0.6 is 0 Å². The molecule has 0 aliphatic carbocycles. The monoisotopic (exact) mass is 238 g/mol. The summed E-state index contributed by atoms with van der Waals surface area (Å²) in [6.45, 7) is 7.99. The van der Waals surface area contributed by atoms with Gasteiger partial charge in [-0.3, -0.25) is 0 Å². The molecule has 1 atom stereocenters. The lowest BCUT2D eigenvalue weighted by molar-refractivity contribution is 0.0802. The summed E-state index contributed by atoms with van der Waals surface area (Å²) >= 11 is 0. The number of nitrogens with zero attached hydrogens (tertiary/aromatic N) is 1. The Labute approximate surface area is 103 Å². The van der Waals surface area contributed by atoms with Crippen molar-refractivity contribution in [1.29, 1.82) is 0 Å². The Bertz CT molecular complexity index is 327. The molecule has 0 saturated heterocycles. The fourth-order valence-corrected chi connectivity index (χ4v) is 1.39. The number of pyridine rings is 1. The largest absolute Gasteiger partial charge is 0.475 e. The van der Waals surface area contributed by atoms with Gasteiger partial charge in [0, 0.05) is 24.4 Å². The van der Waals surface area contributed by atoms with E-state index < -0.39 is 0 Å². The van der Waals surface area contributed by atoms with E-state index in [-0.39, 0.29) is 6.04 Å².